The van der Waals surface area contributed by atoms with Crippen molar-refractivity contribution >= 4 is 0 Å². The highest BCUT2D eigenvalue weighted by atomic mass is 15.3. The van der Waals surface area contributed by atoms with E-state index in [-0.39, 0.29) is 17.0 Å². The topological polar surface area (TPSA) is 53.6 Å². The van der Waals surface area contributed by atoms with Crippen molar-refractivity contribution in [2.24, 2.45) is 0 Å². The van der Waals surface area contributed by atoms with Gasteiger partial charge in [0.15, 0.2) is 0 Å². The molecular weight excluding hydrogens is 272 g/mol. The van der Waals surface area contributed by atoms with Crippen molar-refractivity contribution in [3.63, 3.8) is 0 Å². The van der Waals surface area contributed by atoms with Gasteiger partial charge >= 0.3 is 0 Å². The standard InChI is InChI=1S/C18H28N4/c1-17(2,3)14-9-7-13(8-10-14)16(20-18(4,5)6)11-15-12-19-22-21-15/h7-10,12,16,20H,11H2,1-6H3,(H,19,21,22). The highest BCUT2D eigenvalue weighted by Gasteiger charge is 2.21. The van der Waals surface area contributed by atoms with E-state index >= 15 is 0 Å². The summed E-state index contributed by atoms with van der Waals surface area (Å²) < 4.78 is 0. The van der Waals surface area contributed by atoms with Crippen molar-refractivity contribution in [1.82, 2.24) is 20.7 Å². The van der Waals surface area contributed by atoms with Gasteiger partial charge < -0.3 is 5.32 Å². The summed E-state index contributed by atoms with van der Waals surface area (Å²) >= 11 is 0. The lowest BCUT2D eigenvalue weighted by atomic mass is 9.86. The molecule has 4 nitrogen and oxygen atoms in total. The summed E-state index contributed by atoms with van der Waals surface area (Å²) in [7, 11) is 0. The molecule has 0 saturated carbocycles. The van der Waals surface area contributed by atoms with Crippen LogP contribution in [-0.2, 0) is 11.8 Å². The monoisotopic (exact) mass is 300 g/mol. The van der Waals surface area contributed by atoms with Crippen LogP contribution in [0.4, 0.5) is 0 Å². The van der Waals surface area contributed by atoms with Crippen LogP contribution in [0.25, 0.3) is 0 Å². The normalized spacial score (nSPS) is 14.1. The molecule has 1 unspecified atom stereocenters. The van der Waals surface area contributed by atoms with Crippen molar-refractivity contribution in [1.29, 1.82) is 0 Å². The van der Waals surface area contributed by atoms with E-state index < -0.39 is 0 Å². The molecule has 2 aromatic rings. The van der Waals surface area contributed by atoms with Crippen molar-refractivity contribution < 1.29 is 0 Å². The number of aromatic nitrogens is 3. The Hall–Kier alpha value is -1.68. The Kier molecular flexibility index (Phi) is 4.71. The average molecular weight is 300 g/mol. The van der Waals surface area contributed by atoms with Gasteiger partial charge in [0, 0.05) is 18.0 Å². The summed E-state index contributed by atoms with van der Waals surface area (Å²) in [5.74, 6) is 0. The van der Waals surface area contributed by atoms with Gasteiger partial charge in [0.25, 0.3) is 0 Å². The average Bonchev–Trinajstić information content (AvgIpc) is 2.88. The van der Waals surface area contributed by atoms with Gasteiger partial charge in [-0.1, -0.05) is 45.0 Å². The number of hydrogen-bond donors (Lipinski definition) is 2. The van der Waals surface area contributed by atoms with E-state index in [2.05, 4.69) is 86.5 Å². The van der Waals surface area contributed by atoms with Gasteiger partial charge in [0.2, 0.25) is 0 Å². The van der Waals surface area contributed by atoms with E-state index in [1.807, 2.05) is 0 Å². The van der Waals surface area contributed by atoms with Crippen LogP contribution in [0.15, 0.2) is 30.5 Å². The van der Waals surface area contributed by atoms with Crippen LogP contribution in [0.5, 0.6) is 0 Å². The van der Waals surface area contributed by atoms with E-state index in [9.17, 15) is 0 Å². The van der Waals surface area contributed by atoms with E-state index in [0.29, 0.717) is 0 Å². The van der Waals surface area contributed by atoms with Crippen LogP contribution in [0.1, 0.15) is 64.4 Å². The summed E-state index contributed by atoms with van der Waals surface area (Å²) in [5.41, 5.74) is 3.83. The molecule has 1 aromatic heterocycles. The van der Waals surface area contributed by atoms with E-state index in [0.717, 1.165) is 12.1 Å². The number of rotatable bonds is 4. The fraction of sp³-hybridized carbons (Fsp3) is 0.556. The van der Waals surface area contributed by atoms with E-state index in [1.165, 1.54) is 11.1 Å². The molecular formula is C18H28N4. The molecule has 0 aliphatic rings. The molecule has 0 spiro atoms. The number of nitrogens with zero attached hydrogens (tertiary/aromatic N) is 2. The fourth-order valence-electron chi connectivity index (χ4n) is 2.52. The van der Waals surface area contributed by atoms with Crippen molar-refractivity contribution in [3.05, 3.63) is 47.3 Å². The number of hydrogen-bond acceptors (Lipinski definition) is 3. The van der Waals surface area contributed by atoms with Crippen molar-refractivity contribution in [2.75, 3.05) is 0 Å². The van der Waals surface area contributed by atoms with Crippen LogP contribution in [0.2, 0.25) is 0 Å². The molecule has 22 heavy (non-hydrogen) atoms. The Morgan fingerprint density at radius 1 is 1.05 bits per heavy atom. The summed E-state index contributed by atoms with van der Waals surface area (Å²) in [5, 5.41) is 14.5. The van der Waals surface area contributed by atoms with Gasteiger partial charge in [0.1, 0.15) is 0 Å². The first kappa shape index (κ1) is 16.7. The summed E-state index contributed by atoms with van der Waals surface area (Å²) in [4.78, 5) is 0. The van der Waals surface area contributed by atoms with Gasteiger partial charge in [-0.25, -0.2) is 0 Å². The quantitative estimate of drug-likeness (QED) is 0.903. The minimum absolute atomic E-state index is 0.0388. The van der Waals surface area contributed by atoms with Gasteiger partial charge in [-0.2, -0.15) is 15.4 Å². The zero-order chi connectivity index (χ0) is 16.4. The molecule has 120 valence electrons. The fourth-order valence-corrected chi connectivity index (χ4v) is 2.52. The number of nitrogens with one attached hydrogen (secondary N) is 2. The second-order valence-corrected chi connectivity index (χ2v) is 7.98. The molecule has 4 heteroatoms. The Labute approximate surface area is 133 Å². The molecule has 1 heterocycles. The lowest BCUT2D eigenvalue weighted by molar-refractivity contribution is 0.360. The largest absolute Gasteiger partial charge is 0.305 e. The van der Waals surface area contributed by atoms with Gasteiger partial charge in [-0.05, 0) is 37.3 Å². The lowest BCUT2D eigenvalue weighted by Gasteiger charge is -2.29. The Morgan fingerprint density at radius 2 is 1.68 bits per heavy atom. The molecule has 1 atom stereocenters. The maximum Gasteiger partial charge on any atom is 0.0843 e. The van der Waals surface area contributed by atoms with Crippen LogP contribution in [0.3, 0.4) is 0 Å². The second-order valence-electron chi connectivity index (χ2n) is 7.98. The number of benzene rings is 1. The minimum atomic E-state index is 0.0388. The lowest BCUT2D eigenvalue weighted by Crippen LogP contribution is -2.39. The summed E-state index contributed by atoms with van der Waals surface area (Å²) in [6.07, 6.45) is 2.61. The molecule has 0 bridgehead atoms. The first-order valence-corrected chi connectivity index (χ1v) is 7.88. The molecule has 2 rings (SSSR count). The molecule has 0 fully saturated rings. The molecule has 0 aliphatic heterocycles. The third-order valence-corrected chi connectivity index (χ3v) is 3.66. The van der Waals surface area contributed by atoms with Crippen LogP contribution >= 0.6 is 0 Å². The minimum Gasteiger partial charge on any atom is -0.305 e. The molecule has 0 amide bonds. The Bertz CT molecular complexity index is 571. The number of H-pyrrole nitrogens is 1. The maximum atomic E-state index is 4.19. The molecule has 0 aliphatic carbocycles. The first-order valence-electron chi connectivity index (χ1n) is 7.88. The SMILES string of the molecule is CC(C)(C)NC(Cc1cn[nH]n1)c1ccc(C(C)(C)C)cc1. The van der Waals surface area contributed by atoms with Gasteiger partial charge in [0.05, 0.1) is 11.9 Å². The Balaban J connectivity index is 2.24. The second kappa shape index (κ2) is 6.21. The zero-order valence-corrected chi connectivity index (χ0v) is 14.6. The molecule has 1 aromatic carbocycles. The van der Waals surface area contributed by atoms with Gasteiger partial charge in [-0.15, -0.1) is 0 Å². The Morgan fingerprint density at radius 3 is 2.14 bits per heavy atom. The summed E-state index contributed by atoms with van der Waals surface area (Å²) in [6.45, 7) is 13.3. The first-order chi connectivity index (χ1) is 10.1. The molecule has 2 N–H and O–H groups in total. The predicted molar refractivity (Wildman–Crippen MR) is 90.9 cm³/mol. The zero-order valence-electron chi connectivity index (χ0n) is 14.6. The summed E-state index contributed by atoms with van der Waals surface area (Å²) in [6, 6.07) is 9.14. The van der Waals surface area contributed by atoms with Crippen molar-refractivity contribution in [3.8, 4) is 0 Å². The predicted octanol–water partition coefficient (Wildman–Crippen LogP) is 3.77. The molecule has 0 radical (unpaired) electrons. The van der Waals surface area contributed by atoms with Gasteiger partial charge in [-0.3, -0.25) is 0 Å². The molecule has 0 saturated heterocycles. The van der Waals surface area contributed by atoms with E-state index in [4.69, 9.17) is 0 Å². The third kappa shape index (κ3) is 4.67. The maximum absolute atomic E-state index is 4.19. The number of aromatic amines is 1. The highest BCUT2D eigenvalue weighted by molar-refractivity contribution is 5.30. The van der Waals surface area contributed by atoms with Crippen LogP contribution in [0, 0.1) is 0 Å². The third-order valence-electron chi connectivity index (χ3n) is 3.66. The van der Waals surface area contributed by atoms with Crippen LogP contribution < -0.4 is 5.32 Å². The highest BCUT2D eigenvalue weighted by Crippen LogP contribution is 2.26. The van der Waals surface area contributed by atoms with Crippen LogP contribution in [-0.4, -0.2) is 20.9 Å². The van der Waals surface area contributed by atoms with E-state index in [1.54, 1.807) is 6.20 Å². The smallest absolute Gasteiger partial charge is 0.0843 e. The van der Waals surface area contributed by atoms with Crippen molar-refractivity contribution in [2.45, 2.75) is 65.0 Å².